The highest BCUT2D eigenvalue weighted by Crippen LogP contribution is 1.93. The molecule has 1 amide bonds. The Labute approximate surface area is 77.6 Å². The SMILES string of the molecule is C/C=C(\C)C(=O)O.O=C1CCCN1. The number of carboxylic acid groups (broad SMARTS) is 1. The first-order valence-corrected chi connectivity index (χ1v) is 4.20. The van der Waals surface area contributed by atoms with Gasteiger partial charge in [0, 0.05) is 18.5 Å². The van der Waals surface area contributed by atoms with Crippen molar-refractivity contribution in [1.29, 1.82) is 0 Å². The average Bonchev–Trinajstić information content (AvgIpc) is 2.55. The van der Waals surface area contributed by atoms with Crippen molar-refractivity contribution in [2.75, 3.05) is 6.54 Å². The monoisotopic (exact) mass is 185 g/mol. The lowest BCUT2D eigenvalue weighted by atomic mass is 10.3. The van der Waals surface area contributed by atoms with Gasteiger partial charge in [0.1, 0.15) is 0 Å². The summed E-state index contributed by atoms with van der Waals surface area (Å²) >= 11 is 0. The van der Waals surface area contributed by atoms with Gasteiger partial charge in [-0.3, -0.25) is 4.79 Å². The second-order valence-electron chi connectivity index (χ2n) is 2.73. The number of nitrogens with one attached hydrogen (secondary N) is 1. The normalized spacial score (nSPS) is 15.8. The largest absolute Gasteiger partial charge is 0.478 e. The van der Waals surface area contributed by atoms with E-state index in [0.29, 0.717) is 5.57 Å². The average molecular weight is 185 g/mol. The molecular weight excluding hydrogens is 170 g/mol. The second kappa shape index (κ2) is 6.22. The molecular formula is C9H15NO3. The minimum absolute atomic E-state index is 0.204. The van der Waals surface area contributed by atoms with E-state index < -0.39 is 5.97 Å². The molecule has 4 nitrogen and oxygen atoms in total. The molecule has 1 heterocycles. The van der Waals surface area contributed by atoms with Crippen molar-refractivity contribution in [2.24, 2.45) is 0 Å². The van der Waals surface area contributed by atoms with Gasteiger partial charge in [-0.1, -0.05) is 6.08 Å². The fraction of sp³-hybridized carbons (Fsp3) is 0.556. The number of carbonyl (C=O) groups excluding carboxylic acids is 1. The van der Waals surface area contributed by atoms with E-state index in [1.807, 2.05) is 0 Å². The van der Waals surface area contributed by atoms with Crippen molar-refractivity contribution in [3.05, 3.63) is 11.6 Å². The van der Waals surface area contributed by atoms with Gasteiger partial charge in [0.25, 0.3) is 0 Å². The topological polar surface area (TPSA) is 66.4 Å². The molecule has 0 unspecified atom stereocenters. The second-order valence-corrected chi connectivity index (χ2v) is 2.73. The van der Waals surface area contributed by atoms with Crippen molar-refractivity contribution in [1.82, 2.24) is 5.32 Å². The van der Waals surface area contributed by atoms with Crippen LogP contribution < -0.4 is 5.32 Å². The van der Waals surface area contributed by atoms with Crippen molar-refractivity contribution in [3.63, 3.8) is 0 Å². The molecule has 13 heavy (non-hydrogen) atoms. The van der Waals surface area contributed by atoms with Crippen molar-refractivity contribution >= 4 is 11.9 Å². The maximum Gasteiger partial charge on any atom is 0.330 e. The summed E-state index contributed by atoms with van der Waals surface area (Å²) in [6.45, 7) is 4.14. The first-order chi connectivity index (χ1) is 6.07. The molecule has 1 saturated heterocycles. The Morgan fingerprint density at radius 2 is 2.23 bits per heavy atom. The number of carboxylic acids is 1. The maximum atomic E-state index is 10.1. The smallest absolute Gasteiger partial charge is 0.330 e. The predicted octanol–water partition coefficient (Wildman–Crippen LogP) is 0.934. The molecule has 1 aliphatic heterocycles. The molecule has 0 aromatic heterocycles. The summed E-state index contributed by atoms with van der Waals surface area (Å²) in [7, 11) is 0. The van der Waals surface area contributed by atoms with Crippen molar-refractivity contribution < 1.29 is 14.7 Å². The van der Waals surface area contributed by atoms with Crippen LogP contribution >= 0.6 is 0 Å². The van der Waals surface area contributed by atoms with Gasteiger partial charge >= 0.3 is 5.97 Å². The summed E-state index contributed by atoms with van der Waals surface area (Å²) in [4.78, 5) is 20.0. The third kappa shape index (κ3) is 5.90. The molecule has 0 bridgehead atoms. The Morgan fingerprint density at radius 3 is 2.31 bits per heavy atom. The fourth-order valence-corrected chi connectivity index (χ4v) is 0.689. The summed E-state index contributed by atoms with van der Waals surface area (Å²) in [6, 6.07) is 0. The van der Waals surface area contributed by atoms with Crippen LogP contribution in [0.15, 0.2) is 11.6 Å². The Morgan fingerprint density at radius 1 is 1.62 bits per heavy atom. The number of hydrogen-bond donors (Lipinski definition) is 2. The predicted molar refractivity (Wildman–Crippen MR) is 49.3 cm³/mol. The molecule has 1 fully saturated rings. The molecule has 1 aliphatic rings. The molecule has 2 N–H and O–H groups in total. The first kappa shape index (κ1) is 11.7. The van der Waals surface area contributed by atoms with Gasteiger partial charge in [0.2, 0.25) is 5.91 Å². The van der Waals surface area contributed by atoms with Crippen molar-refractivity contribution in [2.45, 2.75) is 26.7 Å². The van der Waals surface area contributed by atoms with Gasteiger partial charge in [0.15, 0.2) is 0 Å². The zero-order valence-electron chi connectivity index (χ0n) is 7.96. The number of carbonyl (C=O) groups is 2. The van der Waals surface area contributed by atoms with Crippen LogP contribution in [-0.2, 0) is 9.59 Å². The summed E-state index contributed by atoms with van der Waals surface area (Å²) in [5, 5.41) is 10.8. The van der Waals surface area contributed by atoms with Crippen LogP contribution in [0.5, 0.6) is 0 Å². The van der Waals surface area contributed by atoms with Gasteiger partial charge in [-0.25, -0.2) is 4.79 Å². The summed E-state index contributed by atoms with van der Waals surface area (Å²) in [6.07, 6.45) is 3.32. The van der Waals surface area contributed by atoms with E-state index in [1.54, 1.807) is 19.9 Å². The van der Waals surface area contributed by atoms with Gasteiger partial charge in [-0.2, -0.15) is 0 Å². The van der Waals surface area contributed by atoms with E-state index in [1.165, 1.54) is 0 Å². The van der Waals surface area contributed by atoms with Crippen LogP contribution in [0.1, 0.15) is 26.7 Å². The standard InChI is InChI=1S/C5H8O2.C4H7NO/c1-3-4(2)5(6)7;6-4-2-1-3-5-4/h3H,1-2H3,(H,6,7);1-3H2,(H,5,6)/b4-3+;. The van der Waals surface area contributed by atoms with Crippen LogP contribution in [0.3, 0.4) is 0 Å². The van der Waals surface area contributed by atoms with Crippen molar-refractivity contribution in [3.8, 4) is 0 Å². The summed E-state index contributed by atoms with van der Waals surface area (Å²) < 4.78 is 0. The minimum atomic E-state index is -0.845. The summed E-state index contributed by atoms with van der Waals surface area (Å²) in [5.74, 6) is -0.641. The van der Waals surface area contributed by atoms with Crippen LogP contribution in [-0.4, -0.2) is 23.5 Å². The lowest BCUT2D eigenvalue weighted by molar-refractivity contribution is -0.132. The first-order valence-electron chi connectivity index (χ1n) is 4.20. The Hall–Kier alpha value is -1.32. The van der Waals surface area contributed by atoms with E-state index in [4.69, 9.17) is 5.11 Å². The number of aliphatic carboxylic acids is 1. The van der Waals surface area contributed by atoms with Crippen LogP contribution in [0.25, 0.3) is 0 Å². The third-order valence-electron chi connectivity index (χ3n) is 1.67. The third-order valence-corrected chi connectivity index (χ3v) is 1.67. The van der Waals surface area contributed by atoms with Crippen LogP contribution in [0.4, 0.5) is 0 Å². The maximum absolute atomic E-state index is 10.1. The zero-order valence-corrected chi connectivity index (χ0v) is 7.96. The Kier molecular flexibility index (Phi) is 5.59. The number of rotatable bonds is 1. The highest BCUT2D eigenvalue weighted by atomic mass is 16.4. The molecule has 4 heteroatoms. The number of hydrogen-bond acceptors (Lipinski definition) is 2. The van der Waals surface area contributed by atoms with E-state index in [9.17, 15) is 9.59 Å². The van der Waals surface area contributed by atoms with E-state index in [0.717, 1.165) is 19.4 Å². The number of amides is 1. The quantitative estimate of drug-likeness (QED) is 0.597. The van der Waals surface area contributed by atoms with Crippen LogP contribution in [0.2, 0.25) is 0 Å². The van der Waals surface area contributed by atoms with Gasteiger partial charge in [-0.15, -0.1) is 0 Å². The Bertz CT molecular complexity index is 213. The number of allylic oxidation sites excluding steroid dienone is 1. The lowest BCUT2D eigenvalue weighted by Gasteiger charge is -1.84. The molecule has 0 saturated carbocycles. The molecule has 0 aliphatic carbocycles. The van der Waals surface area contributed by atoms with Gasteiger partial charge in [0.05, 0.1) is 0 Å². The lowest BCUT2D eigenvalue weighted by Crippen LogP contribution is -2.12. The molecule has 1 rings (SSSR count). The molecule has 0 aromatic rings. The molecule has 0 spiro atoms. The highest BCUT2D eigenvalue weighted by Gasteiger charge is 2.05. The minimum Gasteiger partial charge on any atom is -0.478 e. The molecule has 0 atom stereocenters. The molecule has 74 valence electrons. The highest BCUT2D eigenvalue weighted by molar-refractivity contribution is 5.85. The van der Waals surface area contributed by atoms with Crippen LogP contribution in [0, 0.1) is 0 Å². The molecule has 0 aromatic carbocycles. The fourth-order valence-electron chi connectivity index (χ4n) is 0.689. The van der Waals surface area contributed by atoms with Gasteiger partial charge in [-0.05, 0) is 20.3 Å². The van der Waals surface area contributed by atoms with E-state index >= 15 is 0 Å². The van der Waals surface area contributed by atoms with Gasteiger partial charge < -0.3 is 10.4 Å². The zero-order chi connectivity index (χ0) is 10.3. The van der Waals surface area contributed by atoms with E-state index in [2.05, 4.69) is 5.32 Å². The Balaban J connectivity index is 0.000000223. The van der Waals surface area contributed by atoms with E-state index in [-0.39, 0.29) is 5.91 Å². The summed E-state index contributed by atoms with van der Waals surface area (Å²) in [5.41, 5.74) is 0.389. The molecule has 0 radical (unpaired) electrons.